The normalized spacial score (nSPS) is 22.8. The van der Waals surface area contributed by atoms with Crippen molar-refractivity contribution >= 4 is 29.6 Å². The van der Waals surface area contributed by atoms with Gasteiger partial charge in [-0.3, -0.25) is 19.2 Å². The molecule has 4 saturated heterocycles. The first-order chi connectivity index (χ1) is 36.8. The number of pyridine rings is 2. The highest BCUT2D eigenvalue weighted by atomic mass is 16.4. The zero-order valence-corrected chi connectivity index (χ0v) is 46.7. The quantitative estimate of drug-likeness (QED) is 0.0926. The van der Waals surface area contributed by atoms with Crippen molar-refractivity contribution in [3.8, 4) is 22.3 Å². The lowest BCUT2D eigenvalue weighted by molar-refractivity contribution is -0.142. The van der Waals surface area contributed by atoms with Crippen LogP contribution < -0.4 is 10.6 Å². The number of aromatic nitrogens is 2. The van der Waals surface area contributed by atoms with Crippen molar-refractivity contribution in [1.29, 1.82) is 0 Å². The molecule has 4 aromatic rings. The molecule has 0 spiro atoms. The molecule has 14 nitrogen and oxygen atoms in total. The van der Waals surface area contributed by atoms with E-state index in [2.05, 4.69) is 62.0 Å². The van der Waals surface area contributed by atoms with Gasteiger partial charge < -0.3 is 35.3 Å². The number of nitrogens with zero attached hydrogens (tertiary/aromatic N) is 6. The van der Waals surface area contributed by atoms with Crippen molar-refractivity contribution in [3.05, 3.63) is 107 Å². The first-order valence-corrected chi connectivity index (χ1v) is 28.9. The largest absolute Gasteiger partial charge is 0.480 e. The van der Waals surface area contributed by atoms with Crippen LogP contribution in [0.1, 0.15) is 173 Å². The molecular formula is C63H84N8O6. The highest BCUT2D eigenvalue weighted by Gasteiger charge is 2.40. The van der Waals surface area contributed by atoms with Crippen LogP contribution in [-0.2, 0) is 11.3 Å². The van der Waals surface area contributed by atoms with Crippen molar-refractivity contribution < 1.29 is 29.1 Å². The Bertz CT molecular complexity index is 2750. The monoisotopic (exact) mass is 1050 g/mol. The number of carbonyl (C=O) groups is 5. The lowest BCUT2D eigenvalue weighted by Gasteiger charge is -2.38. The van der Waals surface area contributed by atoms with E-state index in [4.69, 9.17) is 9.97 Å². The van der Waals surface area contributed by atoms with Gasteiger partial charge in [0.25, 0.3) is 23.6 Å². The Morgan fingerprint density at radius 2 is 1.14 bits per heavy atom. The average Bonchev–Trinajstić information content (AvgIpc) is 4.29. The molecule has 77 heavy (non-hydrogen) atoms. The number of hydrogen-bond acceptors (Lipinski definition) is 9. The third kappa shape index (κ3) is 14.4. The van der Waals surface area contributed by atoms with Crippen LogP contribution in [0.5, 0.6) is 0 Å². The molecule has 5 fully saturated rings. The molecule has 14 heteroatoms. The van der Waals surface area contributed by atoms with Gasteiger partial charge in [-0.1, -0.05) is 109 Å². The maximum absolute atomic E-state index is 15.1. The molecule has 1 saturated carbocycles. The fourth-order valence-electron chi connectivity index (χ4n) is 13.4. The summed E-state index contributed by atoms with van der Waals surface area (Å²) in [7, 11) is 0. The summed E-state index contributed by atoms with van der Waals surface area (Å²) in [6, 6.07) is 23.3. The second-order valence-corrected chi connectivity index (χ2v) is 25.5. The SMILES string of the molecule is CC(C)(C)CC1CCN(C[C@@H]2CCCN2C(=O)c2cc(-c3cc(C(=O)NCc4cccc(-c5ccccc5)c4)nc(C(=O)N4CCC[C@H]4CN4CCCC4)c3)cc(C(=O)N[C@H](C(=O)O)C3CCCCC3CC(C)(C)C)n2)C1. The Morgan fingerprint density at radius 1 is 0.571 bits per heavy atom. The smallest absolute Gasteiger partial charge is 0.326 e. The van der Waals surface area contributed by atoms with Crippen LogP contribution in [-0.4, -0.2) is 135 Å². The minimum absolute atomic E-state index is 0.00615. The molecule has 3 unspecified atom stereocenters. The Kier molecular flexibility index (Phi) is 17.6. The van der Waals surface area contributed by atoms with E-state index in [1.165, 1.54) is 0 Å². The van der Waals surface area contributed by atoms with E-state index < -0.39 is 23.8 Å². The highest BCUT2D eigenvalue weighted by molar-refractivity contribution is 6.01. The van der Waals surface area contributed by atoms with Crippen molar-refractivity contribution in [3.63, 3.8) is 0 Å². The molecular weight excluding hydrogens is 965 g/mol. The summed E-state index contributed by atoms with van der Waals surface area (Å²) in [6.45, 7) is 20.2. The van der Waals surface area contributed by atoms with Gasteiger partial charge in [0, 0.05) is 51.4 Å². The topological polar surface area (TPSA) is 168 Å². The third-order valence-electron chi connectivity index (χ3n) is 16.9. The molecule has 2 aromatic carbocycles. The van der Waals surface area contributed by atoms with Crippen molar-refractivity contribution in [2.45, 2.75) is 150 Å². The number of aliphatic carboxylic acids is 1. The lowest BCUT2D eigenvalue weighted by Crippen LogP contribution is -2.49. The maximum Gasteiger partial charge on any atom is 0.326 e. The average molecular weight is 1050 g/mol. The summed E-state index contributed by atoms with van der Waals surface area (Å²) < 4.78 is 0. The second-order valence-electron chi connectivity index (χ2n) is 25.5. The number of likely N-dealkylation sites (tertiary alicyclic amines) is 4. The first kappa shape index (κ1) is 55.8. The van der Waals surface area contributed by atoms with E-state index in [0.717, 1.165) is 133 Å². The Morgan fingerprint density at radius 3 is 1.75 bits per heavy atom. The summed E-state index contributed by atoms with van der Waals surface area (Å²) >= 11 is 0. The van der Waals surface area contributed by atoms with Crippen molar-refractivity contribution in [2.24, 2.45) is 28.6 Å². The summed E-state index contributed by atoms with van der Waals surface area (Å²) in [5.41, 5.74) is 3.99. The fraction of sp³-hybridized carbons (Fsp3) is 0.571. The summed E-state index contributed by atoms with van der Waals surface area (Å²) in [5.74, 6) is -2.48. The molecule has 0 bridgehead atoms. The predicted molar refractivity (Wildman–Crippen MR) is 301 cm³/mol. The van der Waals surface area contributed by atoms with Crippen LogP contribution in [0.2, 0.25) is 0 Å². The second kappa shape index (κ2) is 24.4. The molecule has 6 atom stereocenters. The molecule has 5 aliphatic rings. The number of carbonyl (C=O) groups excluding carboxylic acids is 4. The number of carboxylic acid groups (broad SMARTS) is 1. The molecule has 1 aliphatic carbocycles. The van der Waals surface area contributed by atoms with Crippen LogP contribution >= 0.6 is 0 Å². The molecule has 9 rings (SSSR count). The lowest BCUT2D eigenvalue weighted by atomic mass is 9.69. The van der Waals surface area contributed by atoms with Gasteiger partial charge >= 0.3 is 5.97 Å². The van der Waals surface area contributed by atoms with E-state index >= 15 is 4.79 Å². The molecule has 412 valence electrons. The van der Waals surface area contributed by atoms with Crippen LogP contribution in [0, 0.1) is 28.6 Å². The van der Waals surface area contributed by atoms with Gasteiger partial charge in [0.05, 0.1) is 0 Å². The predicted octanol–water partition coefficient (Wildman–Crippen LogP) is 10.2. The minimum atomic E-state index is -1.17. The molecule has 0 radical (unpaired) electrons. The highest BCUT2D eigenvalue weighted by Crippen LogP contribution is 2.40. The van der Waals surface area contributed by atoms with E-state index in [1.807, 2.05) is 64.4 Å². The van der Waals surface area contributed by atoms with Gasteiger partial charge in [0.15, 0.2) is 0 Å². The number of amides is 4. The summed E-state index contributed by atoms with van der Waals surface area (Å²) in [4.78, 5) is 90.9. The molecule has 4 amide bonds. The van der Waals surface area contributed by atoms with Crippen LogP contribution in [0.3, 0.4) is 0 Å². The third-order valence-corrected chi connectivity index (χ3v) is 16.9. The van der Waals surface area contributed by atoms with Gasteiger partial charge in [-0.05, 0) is 171 Å². The van der Waals surface area contributed by atoms with Gasteiger partial charge in [0.1, 0.15) is 28.8 Å². The van der Waals surface area contributed by atoms with Crippen LogP contribution in [0.25, 0.3) is 22.3 Å². The maximum atomic E-state index is 15.1. The van der Waals surface area contributed by atoms with E-state index in [9.17, 15) is 24.3 Å². The zero-order valence-electron chi connectivity index (χ0n) is 46.7. The van der Waals surface area contributed by atoms with Crippen LogP contribution in [0.4, 0.5) is 0 Å². The number of nitrogens with one attached hydrogen (secondary N) is 2. The summed E-state index contributed by atoms with van der Waals surface area (Å²) in [6.07, 6.45) is 12.2. The first-order valence-electron chi connectivity index (χ1n) is 28.9. The van der Waals surface area contributed by atoms with Gasteiger partial charge in [-0.15, -0.1) is 0 Å². The molecule has 2 aromatic heterocycles. The van der Waals surface area contributed by atoms with E-state index in [-0.39, 0.29) is 75.9 Å². The molecule has 6 heterocycles. The molecule has 3 N–H and O–H groups in total. The summed E-state index contributed by atoms with van der Waals surface area (Å²) in [5, 5.41) is 16.8. The Labute approximate surface area is 457 Å². The fourth-order valence-corrected chi connectivity index (χ4v) is 13.4. The Hall–Kier alpha value is -5.99. The van der Waals surface area contributed by atoms with Crippen LogP contribution in [0.15, 0.2) is 78.9 Å². The van der Waals surface area contributed by atoms with Crippen molar-refractivity contribution in [1.82, 2.24) is 40.2 Å². The number of hydrogen-bond donors (Lipinski definition) is 3. The molecule has 4 aliphatic heterocycles. The van der Waals surface area contributed by atoms with Gasteiger partial charge in [-0.25, -0.2) is 14.8 Å². The van der Waals surface area contributed by atoms with E-state index in [1.54, 1.807) is 24.3 Å². The van der Waals surface area contributed by atoms with Crippen molar-refractivity contribution in [2.75, 3.05) is 52.4 Å². The minimum Gasteiger partial charge on any atom is -0.480 e. The standard InChI is InChI=1S/C63H84N8O6/c1-62(2,3)36-43-25-30-69(39-43)41-50-23-16-29-71(50)60(75)55-35-48(33-53(66-55)58(73)67-56(61(76)77)51-24-11-10-20-46(51)37-63(4,5)6)47-32-52(57(72)64-38-42-17-14-21-45(31-42)44-18-8-7-9-19-44)65-54(34-47)59(74)70-28-15-22-49(70)40-68-26-12-13-27-68/h7-9,14,17-19,21,31-35,43,46,49-51,56H,10-13,15-16,20,22-30,36-41H2,1-6H3,(H,64,72)(H,67,73)(H,76,77)/t43?,46?,49-,50-,51?,56-/m0/s1. The van der Waals surface area contributed by atoms with Gasteiger partial charge in [-0.2, -0.15) is 0 Å². The number of carboxylic acids is 1. The van der Waals surface area contributed by atoms with Gasteiger partial charge in [0.2, 0.25) is 0 Å². The number of rotatable bonds is 17. The number of benzene rings is 2. The zero-order chi connectivity index (χ0) is 54.4. The Balaban J connectivity index is 1.07. The van der Waals surface area contributed by atoms with E-state index in [0.29, 0.717) is 36.6 Å².